The number of hydrogen-bond donors (Lipinski definition) is 2. The first-order chi connectivity index (χ1) is 9.15. The van der Waals surface area contributed by atoms with E-state index in [1.165, 1.54) is 12.2 Å². The summed E-state index contributed by atoms with van der Waals surface area (Å²) in [4.78, 5) is 34.9. The second-order valence-electron chi connectivity index (χ2n) is 3.98. The molecule has 1 aliphatic heterocycles. The lowest BCUT2D eigenvalue weighted by Crippen LogP contribution is -2.35. The predicted molar refractivity (Wildman–Crippen MR) is 68.2 cm³/mol. The van der Waals surface area contributed by atoms with Crippen LogP contribution in [0.4, 0.5) is 0 Å². The Morgan fingerprint density at radius 2 is 1.84 bits per heavy atom. The molecule has 0 aliphatic carbocycles. The fraction of sp³-hybridized carbons (Fsp3) is 0.583. The van der Waals surface area contributed by atoms with Crippen molar-refractivity contribution in [3.8, 4) is 0 Å². The summed E-state index contributed by atoms with van der Waals surface area (Å²) in [5.74, 6) is -0.939. The SMILES string of the molecule is CNCCOCCNC(=O)CCN1C(=O)C=CC1=O. The first-order valence-corrected chi connectivity index (χ1v) is 6.17. The van der Waals surface area contributed by atoms with Gasteiger partial charge < -0.3 is 15.4 Å². The topological polar surface area (TPSA) is 87.7 Å². The zero-order valence-corrected chi connectivity index (χ0v) is 11.0. The summed E-state index contributed by atoms with van der Waals surface area (Å²) in [7, 11) is 1.83. The molecule has 0 spiro atoms. The molecule has 0 atom stereocenters. The number of imide groups is 1. The van der Waals surface area contributed by atoms with Crippen molar-refractivity contribution in [2.45, 2.75) is 6.42 Å². The van der Waals surface area contributed by atoms with E-state index in [2.05, 4.69) is 10.6 Å². The van der Waals surface area contributed by atoms with Crippen molar-refractivity contribution in [2.75, 3.05) is 39.9 Å². The predicted octanol–water partition coefficient (Wildman–Crippen LogP) is -1.35. The van der Waals surface area contributed by atoms with Gasteiger partial charge in [0, 0.05) is 38.2 Å². The van der Waals surface area contributed by atoms with Crippen LogP contribution < -0.4 is 10.6 Å². The highest BCUT2D eigenvalue weighted by Gasteiger charge is 2.23. The van der Waals surface area contributed by atoms with E-state index in [-0.39, 0.29) is 30.7 Å². The Balaban J connectivity index is 2.05. The lowest BCUT2D eigenvalue weighted by Gasteiger charge is -2.13. The molecule has 0 fully saturated rings. The van der Waals surface area contributed by atoms with Gasteiger partial charge in [0.1, 0.15) is 0 Å². The van der Waals surface area contributed by atoms with Gasteiger partial charge in [0.2, 0.25) is 5.91 Å². The summed E-state index contributed by atoms with van der Waals surface area (Å²) in [5, 5.41) is 5.60. The van der Waals surface area contributed by atoms with E-state index >= 15 is 0 Å². The van der Waals surface area contributed by atoms with Gasteiger partial charge in [-0.25, -0.2) is 0 Å². The standard InChI is InChI=1S/C12H19N3O4/c1-13-5-8-19-9-6-14-10(16)4-7-15-11(17)2-3-12(15)18/h2-3,13H,4-9H2,1H3,(H,14,16). The van der Waals surface area contributed by atoms with Crippen LogP contribution in [-0.4, -0.2) is 62.5 Å². The lowest BCUT2D eigenvalue weighted by atomic mass is 10.3. The second-order valence-corrected chi connectivity index (χ2v) is 3.98. The Morgan fingerprint density at radius 3 is 2.47 bits per heavy atom. The summed E-state index contributed by atoms with van der Waals surface area (Å²) < 4.78 is 5.23. The number of likely N-dealkylation sites (N-methyl/N-ethyl adjacent to an activating group) is 1. The summed E-state index contributed by atoms with van der Waals surface area (Å²) in [6.07, 6.45) is 2.52. The van der Waals surface area contributed by atoms with Crippen LogP contribution in [0.15, 0.2) is 12.2 Å². The third-order valence-corrected chi connectivity index (χ3v) is 2.53. The van der Waals surface area contributed by atoms with Gasteiger partial charge in [0.05, 0.1) is 13.2 Å². The average Bonchev–Trinajstić information content (AvgIpc) is 2.71. The molecule has 0 saturated carbocycles. The summed E-state index contributed by atoms with van der Waals surface area (Å²) >= 11 is 0. The molecule has 0 bridgehead atoms. The number of carbonyl (C=O) groups excluding carboxylic acids is 3. The molecule has 1 rings (SSSR count). The van der Waals surface area contributed by atoms with Gasteiger partial charge >= 0.3 is 0 Å². The van der Waals surface area contributed by atoms with Crippen molar-refractivity contribution in [3.05, 3.63) is 12.2 Å². The first kappa shape index (κ1) is 15.3. The van der Waals surface area contributed by atoms with Crippen LogP contribution in [0, 0.1) is 0 Å². The highest BCUT2D eigenvalue weighted by atomic mass is 16.5. The maximum atomic E-state index is 11.5. The van der Waals surface area contributed by atoms with Gasteiger partial charge in [-0.1, -0.05) is 0 Å². The highest BCUT2D eigenvalue weighted by molar-refractivity contribution is 6.13. The third kappa shape index (κ3) is 5.62. The van der Waals surface area contributed by atoms with Crippen molar-refractivity contribution >= 4 is 17.7 Å². The quantitative estimate of drug-likeness (QED) is 0.399. The number of carbonyl (C=O) groups is 3. The Kier molecular flexibility index (Phi) is 6.76. The van der Waals surface area contributed by atoms with Crippen LogP contribution in [-0.2, 0) is 19.1 Å². The van der Waals surface area contributed by atoms with Crippen LogP contribution in [0.25, 0.3) is 0 Å². The first-order valence-electron chi connectivity index (χ1n) is 6.17. The zero-order valence-electron chi connectivity index (χ0n) is 11.0. The Labute approximate surface area is 112 Å². The molecule has 0 unspecified atom stereocenters. The fourth-order valence-corrected chi connectivity index (χ4v) is 1.49. The monoisotopic (exact) mass is 269 g/mol. The number of nitrogens with one attached hydrogen (secondary N) is 2. The Hall–Kier alpha value is -1.73. The molecule has 1 aliphatic rings. The molecule has 106 valence electrons. The number of nitrogens with zero attached hydrogens (tertiary/aromatic N) is 1. The van der Waals surface area contributed by atoms with E-state index in [0.717, 1.165) is 11.4 Å². The molecule has 7 nitrogen and oxygen atoms in total. The molecule has 0 saturated heterocycles. The fourth-order valence-electron chi connectivity index (χ4n) is 1.49. The van der Waals surface area contributed by atoms with Crippen molar-refractivity contribution in [1.82, 2.24) is 15.5 Å². The minimum atomic E-state index is -0.367. The number of ether oxygens (including phenoxy) is 1. The third-order valence-electron chi connectivity index (χ3n) is 2.53. The minimum absolute atomic E-state index is 0.107. The van der Waals surface area contributed by atoms with Gasteiger partial charge in [-0.2, -0.15) is 0 Å². The summed E-state index contributed by atoms with van der Waals surface area (Å²) in [5.41, 5.74) is 0. The van der Waals surface area contributed by atoms with E-state index in [1.807, 2.05) is 7.05 Å². The molecule has 0 aromatic rings. The summed E-state index contributed by atoms with van der Waals surface area (Å²) in [6.45, 7) is 2.32. The molecular weight excluding hydrogens is 250 g/mol. The number of hydrogen-bond acceptors (Lipinski definition) is 5. The van der Waals surface area contributed by atoms with Crippen molar-refractivity contribution in [1.29, 1.82) is 0 Å². The van der Waals surface area contributed by atoms with Gasteiger partial charge in [0.25, 0.3) is 11.8 Å². The molecular formula is C12H19N3O4. The van der Waals surface area contributed by atoms with Crippen molar-refractivity contribution < 1.29 is 19.1 Å². The van der Waals surface area contributed by atoms with E-state index in [0.29, 0.717) is 19.8 Å². The smallest absolute Gasteiger partial charge is 0.253 e. The molecule has 7 heteroatoms. The van der Waals surface area contributed by atoms with E-state index in [1.54, 1.807) is 0 Å². The van der Waals surface area contributed by atoms with Crippen molar-refractivity contribution in [3.63, 3.8) is 0 Å². The zero-order chi connectivity index (χ0) is 14.1. The second kappa shape index (κ2) is 8.39. The van der Waals surface area contributed by atoms with Crippen LogP contribution in [0.3, 0.4) is 0 Å². The van der Waals surface area contributed by atoms with Crippen LogP contribution in [0.2, 0.25) is 0 Å². The Bertz CT molecular complexity index is 350. The average molecular weight is 269 g/mol. The Morgan fingerprint density at radius 1 is 1.21 bits per heavy atom. The van der Waals surface area contributed by atoms with Crippen molar-refractivity contribution in [2.24, 2.45) is 0 Å². The minimum Gasteiger partial charge on any atom is -0.378 e. The van der Waals surface area contributed by atoms with Crippen LogP contribution in [0.5, 0.6) is 0 Å². The molecule has 19 heavy (non-hydrogen) atoms. The van der Waals surface area contributed by atoms with E-state index in [9.17, 15) is 14.4 Å². The molecule has 3 amide bonds. The van der Waals surface area contributed by atoms with Gasteiger partial charge in [0.15, 0.2) is 0 Å². The van der Waals surface area contributed by atoms with Gasteiger partial charge in [-0.3, -0.25) is 19.3 Å². The largest absolute Gasteiger partial charge is 0.378 e. The molecule has 2 N–H and O–H groups in total. The lowest BCUT2D eigenvalue weighted by molar-refractivity contribution is -0.137. The number of rotatable bonds is 9. The van der Waals surface area contributed by atoms with E-state index < -0.39 is 0 Å². The summed E-state index contributed by atoms with van der Waals surface area (Å²) in [6, 6.07) is 0. The molecule has 0 aromatic carbocycles. The molecule has 0 radical (unpaired) electrons. The maximum absolute atomic E-state index is 11.5. The normalized spacial score (nSPS) is 14.3. The molecule has 1 heterocycles. The maximum Gasteiger partial charge on any atom is 0.253 e. The van der Waals surface area contributed by atoms with Gasteiger partial charge in [-0.05, 0) is 7.05 Å². The van der Waals surface area contributed by atoms with Gasteiger partial charge in [-0.15, -0.1) is 0 Å². The van der Waals surface area contributed by atoms with Crippen LogP contribution in [0.1, 0.15) is 6.42 Å². The number of amides is 3. The van der Waals surface area contributed by atoms with E-state index in [4.69, 9.17) is 4.74 Å². The van der Waals surface area contributed by atoms with Crippen LogP contribution >= 0.6 is 0 Å². The highest BCUT2D eigenvalue weighted by Crippen LogP contribution is 2.03. The molecule has 0 aromatic heterocycles.